The highest BCUT2D eigenvalue weighted by atomic mass is 16.3. The number of nitrogens with one attached hydrogen (secondary N) is 1. The summed E-state index contributed by atoms with van der Waals surface area (Å²) in [6, 6.07) is 9.86. The van der Waals surface area contributed by atoms with Crippen molar-refractivity contribution in [2.45, 2.75) is 13.0 Å². The normalized spacial score (nSPS) is 12.7. The molecule has 1 aromatic carbocycles. The van der Waals surface area contributed by atoms with Crippen LogP contribution in [-0.2, 0) is 0 Å². The first-order valence-corrected chi connectivity index (χ1v) is 6.13. The van der Waals surface area contributed by atoms with Gasteiger partial charge >= 0.3 is 0 Å². The van der Waals surface area contributed by atoms with Crippen molar-refractivity contribution >= 4 is 11.0 Å². The van der Waals surface area contributed by atoms with Crippen molar-refractivity contribution in [2.24, 2.45) is 5.84 Å². The summed E-state index contributed by atoms with van der Waals surface area (Å²) in [6.07, 6.45) is 5.39. The van der Waals surface area contributed by atoms with Gasteiger partial charge in [-0.15, -0.1) is 0 Å². The number of hydrazine groups is 1. The van der Waals surface area contributed by atoms with Crippen molar-refractivity contribution in [1.29, 1.82) is 0 Å². The van der Waals surface area contributed by atoms with E-state index in [4.69, 9.17) is 10.3 Å². The Kier molecular flexibility index (Phi) is 3.03. The quantitative estimate of drug-likeness (QED) is 0.556. The van der Waals surface area contributed by atoms with Gasteiger partial charge in [-0.05, 0) is 24.1 Å². The monoisotopic (exact) mass is 253 g/mol. The fourth-order valence-corrected chi connectivity index (χ4v) is 2.32. The molecule has 0 radical (unpaired) electrons. The number of benzene rings is 1. The number of pyridine rings is 1. The summed E-state index contributed by atoms with van der Waals surface area (Å²) in [5, 5.41) is 1.06. The van der Waals surface area contributed by atoms with E-state index >= 15 is 0 Å². The van der Waals surface area contributed by atoms with Gasteiger partial charge in [-0.1, -0.05) is 24.3 Å². The number of furan rings is 1. The van der Waals surface area contributed by atoms with Crippen LogP contribution in [0.15, 0.2) is 53.4 Å². The molecule has 0 bridgehead atoms. The van der Waals surface area contributed by atoms with Gasteiger partial charge in [0.2, 0.25) is 0 Å². The van der Waals surface area contributed by atoms with Gasteiger partial charge in [0.15, 0.2) is 0 Å². The Morgan fingerprint density at radius 1 is 1.26 bits per heavy atom. The van der Waals surface area contributed by atoms with Gasteiger partial charge in [-0.3, -0.25) is 10.8 Å². The van der Waals surface area contributed by atoms with Crippen molar-refractivity contribution in [1.82, 2.24) is 10.4 Å². The van der Waals surface area contributed by atoms with E-state index in [1.807, 2.05) is 43.6 Å². The number of hydrogen-bond donors (Lipinski definition) is 2. The lowest BCUT2D eigenvalue weighted by atomic mass is 9.99. The first kappa shape index (κ1) is 11.9. The zero-order valence-corrected chi connectivity index (χ0v) is 10.6. The number of nitrogens with two attached hydrogens (primary N) is 1. The molecule has 0 aliphatic rings. The van der Waals surface area contributed by atoms with Crippen LogP contribution in [0.25, 0.3) is 11.0 Å². The molecule has 3 aromatic rings. The van der Waals surface area contributed by atoms with Crippen molar-refractivity contribution in [3.05, 3.63) is 65.7 Å². The van der Waals surface area contributed by atoms with Crippen LogP contribution in [-0.4, -0.2) is 4.98 Å². The van der Waals surface area contributed by atoms with Crippen LogP contribution in [0.4, 0.5) is 0 Å². The summed E-state index contributed by atoms with van der Waals surface area (Å²) < 4.78 is 5.57. The first-order chi connectivity index (χ1) is 9.29. The molecule has 0 saturated heterocycles. The van der Waals surface area contributed by atoms with Gasteiger partial charge in [0.25, 0.3) is 0 Å². The van der Waals surface area contributed by atoms with Crippen LogP contribution in [0.1, 0.15) is 22.7 Å². The van der Waals surface area contributed by atoms with E-state index in [1.165, 1.54) is 0 Å². The predicted octanol–water partition coefficient (Wildman–Crippen LogP) is 2.69. The molecule has 96 valence electrons. The molecule has 4 heteroatoms. The molecule has 0 spiro atoms. The van der Waals surface area contributed by atoms with E-state index < -0.39 is 0 Å². The minimum absolute atomic E-state index is 0.129. The summed E-state index contributed by atoms with van der Waals surface area (Å²) >= 11 is 0. The minimum Gasteiger partial charge on any atom is -0.464 e. The standard InChI is InChI=1S/C15H15N3O/c1-10-6-11(8-17-7-10)15(18-16)13-9-19-14-5-3-2-4-12(13)14/h2-9,15,18H,16H2,1H3. The van der Waals surface area contributed by atoms with E-state index in [0.29, 0.717) is 0 Å². The molecule has 0 saturated carbocycles. The maximum absolute atomic E-state index is 5.72. The molecule has 1 atom stereocenters. The van der Waals surface area contributed by atoms with Crippen LogP contribution in [0, 0.1) is 6.92 Å². The Hall–Kier alpha value is -2.17. The van der Waals surface area contributed by atoms with Gasteiger partial charge < -0.3 is 4.42 Å². The molecule has 0 aliphatic carbocycles. The Labute approximate surface area is 111 Å². The van der Waals surface area contributed by atoms with Gasteiger partial charge in [0.05, 0.1) is 12.3 Å². The Bertz CT molecular complexity index is 705. The van der Waals surface area contributed by atoms with Gasteiger partial charge in [-0.25, -0.2) is 5.43 Å². The summed E-state index contributed by atoms with van der Waals surface area (Å²) in [5.74, 6) is 5.72. The zero-order valence-electron chi connectivity index (χ0n) is 10.6. The van der Waals surface area contributed by atoms with E-state index in [-0.39, 0.29) is 6.04 Å². The lowest BCUT2D eigenvalue weighted by Gasteiger charge is -2.15. The number of hydrogen-bond acceptors (Lipinski definition) is 4. The maximum Gasteiger partial charge on any atom is 0.134 e. The predicted molar refractivity (Wildman–Crippen MR) is 74.4 cm³/mol. The highest BCUT2D eigenvalue weighted by Gasteiger charge is 2.18. The lowest BCUT2D eigenvalue weighted by Crippen LogP contribution is -2.28. The van der Waals surface area contributed by atoms with E-state index in [2.05, 4.69) is 16.5 Å². The van der Waals surface area contributed by atoms with Crippen LogP contribution in [0.3, 0.4) is 0 Å². The SMILES string of the molecule is Cc1cncc(C(NN)c2coc3ccccc23)c1. The van der Waals surface area contributed by atoms with Crippen LogP contribution < -0.4 is 11.3 Å². The molecule has 2 aromatic heterocycles. The van der Waals surface area contributed by atoms with Crippen LogP contribution in [0.5, 0.6) is 0 Å². The maximum atomic E-state index is 5.72. The van der Waals surface area contributed by atoms with E-state index in [0.717, 1.165) is 27.7 Å². The molecule has 19 heavy (non-hydrogen) atoms. The van der Waals surface area contributed by atoms with Crippen LogP contribution >= 0.6 is 0 Å². The molecular formula is C15H15N3O. The molecule has 4 nitrogen and oxygen atoms in total. The highest BCUT2D eigenvalue weighted by Crippen LogP contribution is 2.29. The average Bonchev–Trinajstić information content (AvgIpc) is 2.84. The van der Waals surface area contributed by atoms with Crippen molar-refractivity contribution in [3.63, 3.8) is 0 Å². The fourth-order valence-electron chi connectivity index (χ4n) is 2.32. The average molecular weight is 253 g/mol. The molecule has 3 rings (SSSR count). The minimum atomic E-state index is -0.129. The summed E-state index contributed by atoms with van der Waals surface area (Å²) in [7, 11) is 0. The third kappa shape index (κ3) is 2.12. The number of aryl methyl sites for hydroxylation is 1. The second-order valence-electron chi connectivity index (χ2n) is 4.58. The number of fused-ring (bicyclic) bond motifs is 1. The number of rotatable bonds is 3. The smallest absolute Gasteiger partial charge is 0.134 e. The zero-order chi connectivity index (χ0) is 13.2. The van der Waals surface area contributed by atoms with Gasteiger partial charge in [0, 0.05) is 23.3 Å². The van der Waals surface area contributed by atoms with Crippen molar-refractivity contribution in [2.75, 3.05) is 0 Å². The summed E-state index contributed by atoms with van der Waals surface area (Å²) in [4.78, 5) is 4.22. The Morgan fingerprint density at radius 2 is 2.11 bits per heavy atom. The lowest BCUT2D eigenvalue weighted by molar-refractivity contribution is 0.585. The topological polar surface area (TPSA) is 64.1 Å². The van der Waals surface area contributed by atoms with E-state index in [1.54, 1.807) is 6.26 Å². The van der Waals surface area contributed by atoms with Gasteiger partial charge in [0.1, 0.15) is 5.58 Å². The second kappa shape index (κ2) is 4.84. The Balaban J connectivity index is 2.12. The molecule has 1 unspecified atom stereocenters. The Morgan fingerprint density at radius 3 is 2.89 bits per heavy atom. The van der Waals surface area contributed by atoms with Gasteiger partial charge in [-0.2, -0.15) is 0 Å². The molecule has 3 N–H and O–H groups in total. The molecular weight excluding hydrogens is 238 g/mol. The number of aromatic nitrogens is 1. The summed E-state index contributed by atoms with van der Waals surface area (Å²) in [6.45, 7) is 2.01. The van der Waals surface area contributed by atoms with Crippen molar-refractivity contribution < 1.29 is 4.42 Å². The number of nitrogens with zero attached hydrogens (tertiary/aromatic N) is 1. The molecule has 2 heterocycles. The third-order valence-electron chi connectivity index (χ3n) is 3.22. The fraction of sp³-hybridized carbons (Fsp3) is 0.133. The number of para-hydroxylation sites is 1. The largest absolute Gasteiger partial charge is 0.464 e. The first-order valence-electron chi connectivity index (χ1n) is 6.13. The summed E-state index contributed by atoms with van der Waals surface area (Å²) in [5.41, 5.74) is 6.84. The third-order valence-corrected chi connectivity index (χ3v) is 3.22. The molecule has 0 aliphatic heterocycles. The molecule has 0 fully saturated rings. The van der Waals surface area contributed by atoms with Crippen LogP contribution in [0.2, 0.25) is 0 Å². The molecule has 0 amide bonds. The van der Waals surface area contributed by atoms with Crippen molar-refractivity contribution in [3.8, 4) is 0 Å². The van der Waals surface area contributed by atoms with E-state index in [9.17, 15) is 0 Å². The second-order valence-corrected chi connectivity index (χ2v) is 4.58. The highest BCUT2D eigenvalue weighted by molar-refractivity contribution is 5.81.